The number of aliphatic hydroxyl groups is 1. The largest absolute Gasteiger partial charge is 0.389 e. The molecule has 1 atom stereocenters. The molecule has 0 amide bonds. The molecule has 1 unspecified atom stereocenters. The summed E-state index contributed by atoms with van der Waals surface area (Å²) in [5.74, 6) is 0. The zero-order valence-corrected chi connectivity index (χ0v) is 12.0. The monoisotopic (exact) mass is 276 g/mol. The molecule has 6 heteroatoms. The van der Waals surface area contributed by atoms with Crippen LogP contribution in [0.15, 0.2) is 0 Å². The molecule has 0 spiro atoms. The number of hydrogen-bond donors (Lipinski definition) is 2. The highest BCUT2D eigenvalue weighted by Gasteiger charge is 2.13. The summed E-state index contributed by atoms with van der Waals surface area (Å²) in [5, 5.41) is 13.1. The van der Waals surface area contributed by atoms with Crippen molar-refractivity contribution in [1.82, 2.24) is 10.2 Å². The summed E-state index contributed by atoms with van der Waals surface area (Å²) in [4.78, 5) is 2.26. The Hall–Kier alpha value is -0.240. The highest BCUT2D eigenvalue weighted by Crippen LogP contribution is 1.96. The van der Waals surface area contributed by atoms with Crippen molar-refractivity contribution in [3.63, 3.8) is 0 Å². The Labute approximate surface area is 116 Å². The topological polar surface area (TPSA) is 63.2 Å². The molecule has 0 bridgehead atoms. The minimum absolute atomic E-state index is 0.380. The number of piperazine rings is 1. The van der Waals surface area contributed by atoms with Gasteiger partial charge in [-0.25, -0.2) is 0 Å². The predicted molar refractivity (Wildman–Crippen MR) is 73.4 cm³/mol. The van der Waals surface area contributed by atoms with Crippen LogP contribution in [0.25, 0.3) is 0 Å². The third-order valence-corrected chi connectivity index (χ3v) is 3.00. The van der Waals surface area contributed by atoms with E-state index in [0.29, 0.717) is 33.0 Å². The van der Waals surface area contributed by atoms with E-state index in [4.69, 9.17) is 14.2 Å². The SMILES string of the molecule is COCCCOCCOCC(O)CN1CCNCC1. The lowest BCUT2D eigenvalue weighted by molar-refractivity contribution is -0.0104. The van der Waals surface area contributed by atoms with Gasteiger partial charge in [-0.2, -0.15) is 0 Å². The number of methoxy groups -OCH3 is 1. The molecule has 1 fully saturated rings. The minimum Gasteiger partial charge on any atom is -0.389 e. The summed E-state index contributed by atoms with van der Waals surface area (Å²) in [6.07, 6.45) is 0.494. The maximum atomic E-state index is 9.83. The quantitative estimate of drug-likeness (QED) is 0.488. The fourth-order valence-electron chi connectivity index (χ4n) is 1.99. The van der Waals surface area contributed by atoms with Gasteiger partial charge in [0.05, 0.1) is 25.9 Å². The Balaban J connectivity index is 1.85. The van der Waals surface area contributed by atoms with Gasteiger partial charge in [0.2, 0.25) is 0 Å². The summed E-state index contributed by atoms with van der Waals surface area (Å²) < 4.78 is 15.7. The minimum atomic E-state index is -0.411. The molecule has 114 valence electrons. The van der Waals surface area contributed by atoms with Crippen LogP contribution in [-0.4, -0.2) is 89.0 Å². The van der Waals surface area contributed by atoms with Gasteiger partial charge >= 0.3 is 0 Å². The Kier molecular flexibility index (Phi) is 10.2. The molecule has 0 saturated carbocycles. The van der Waals surface area contributed by atoms with Crippen LogP contribution in [0.5, 0.6) is 0 Å². The first-order chi connectivity index (χ1) is 9.33. The Morgan fingerprint density at radius 2 is 1.84 bits per heavy atom. The van der Waals surface area contributed by atoms with Gasteiger partial charge < -0.3 is 24.6 Å². The number of hydrogen-bond acceptors (Lipinski definition) is 6. The van der Waals surface area contributed by atoms with Crippen molar-refractivity contribution in [1.29, 1.82) is 0 Å². The molecule has 0 aromatic rings. The van der Waals surface area contributed by atoms with Gasteiger partial charge in [-0.05, 0) is 6.42 Å². The van der Waals surface area contributed by atoms with E-state index >= 15 is 0 Å². The van der Waals surface area contributed by atoms with Crippen LogP contribution < -0.4 is 5.32 Å². The zero-order chi connectivity index (χ0) is 13.8. The molecule has 1 saturated heterocycles. The summed E-state index contributed by atoms with van der Waals surface area (Å²) in [6, 6.07) is 0. The van der Waals surface area contributed by atoms with Crippen LogP contribution >= 0.6 is 0 Å². The van der Waals surface area contributed by atoms with E-state index in [-0.39, 0.29) is 0 Å². The van der Waals surface area contributed by atoms with Crippen molar-refractivity contribution in [2.45, 2.75) is 12.5 Å². The van der Waals surface area contributed by atoms with Crippen molar-refractivity contribution < 1.29 is 19.3 Å². The molecule has 0 aliphatic carbocycles. The molecular formula is C13H28N2O4. The smallest absolute Gasteiger partial charge is 0.0900 e. The molecule has 2 N–H and O–H groups in total. The van der Waals surface area contributed by atoms with Crippen molar-refractivity contribution in [2.75, 3.05) is 72.9 Å². The molecule has 0 aromatic carbocycles. The first-order valence-corrected chi connectivity index (χ1v) is 7.08. The maximum Gasteiger partial charge on any atom is 0.0900 e. The van der Waals surface area contributed by atoms with E-state index in [2.05, 4.69) is 10.2 Å². The molecule has 19 heavy (non-hydrogen) atoms. The maximum absolute atomic E-state index is 9.83. The van der Waals surface area contributed by atoms with E-state index in [1.165, 1.54) is 0 Å². The van der Waals surface area contributed by atoms with Gasteiger partial charge in [0.25, 0.3) is 0 Å². The molecule has 0 radical (unpaired) electrons. The summed E-state index contributed by atoms with van der Waals surface area (Å²) >= 11 is 0. The molecular weight excluding hydrogens is 248 g/mol. The Bertz CT molecular complexity index is 201. The van der Waals surface area contributed by atoms with Gasteiger partial charge in [-0.1, -0.05) is 0 Å². The number of nitrogens with zero attached hydrogens (tertiary/aromatic N) is 1. The number of rotatable bonds is 11. The average molecular weight is 276 g/mol. The van der Waals surface area contributed by atoms with Crippen molar-refractivity contribution in [3.05, 3.63) is 0 Å². The fourth-order valence-corrected chi connectivity index (χ4v) is 1.99. The van der Waals surface area contributed by atoms with Crippen LogP contribution in [0.4, 0.5) is 0 Å². The zero-order valence-electron chi connectivity index (χ0n) is 12.0. The van der Waals surface area contributed by atoms with Crippen molar-refractivity contribution in [3.8, 4) is 0 Å². The summed E-state index contributed by atoms with van der Waals surface area (Å²) in [7, 11) is 1.68. The van der Waals surface area contributed by atoms with E-state index < -0.39 is 6.10 Å². The second-order valence-corrected chi connectivity index (χ2v) is 4.74. The molecule has 1 aliphatic heterocycles. The number of β-amino-alcohol motifs (C(OH)–C–C–N with tert-alkyl or cyclic N) is 1. The summed E-state index contributed by atoms with van der Waals surface area (Å²) in [5.41, 5.74) is 0. The highest BCUT2D eigenvalue weighted by atomic mass is 16.5. The molecule has 0 aromatic heterocycles. The summed E-state index contributed by atoms with van der Waals surface area (Å²) in [6.45, 7) is 7.60. The van der Waals surface area contributed by atoms with E-state index in [1.54, 1.807) is 7.11 Å². The lowest BCUT2D eigenvalue weighted by Crippen LogP contribution is -2.47. The van der Waals surface area contributed by atoms with Crippen LogP contribution in [0, 0.1) is 0 Å². The van der Waals surface area contributed by atoms with Gasteiger partial charge in [0.15, 0.2) is 0 Å². The molecule has 1 rings (SSSR count). The molecule has 1 heterocycles. The van der Waals surface area contributed by atoms with Crippen LogP contribution in [-0.2, 0) is 14.2 Å². The first kappa shape index (κ1) is 16.8. The predicted octanol–water partition coefficient (Wildman–Crippen LogP) is -0.678. The van der Waals surface area contributed by atoms with Crippen LogP contribution in [0.1, 0.15) is 6.42 Å². The standard InChI is InChI=1S/C13H28N2O4/c1-17-7-2-8-18-9-10-19-12-13(16)11-15-5-3-14-4-6-15/h13-14,16H,2-12H2,1H3. The second kappa shape index (κ2) is 11.6. The van der Waals surface area contributed by atoms with Gasteiger partial charge in [-0.3, -0.25) is 4.90 Å². The lowest BCUT2D eigenvalue weighted by atomic mass is 10.3. The van der Waals surface area contributed by atoms with Crippen LogP contribution in [0.2, 0.25) is 0 Å². The Morgan fingerprint density at radius 1 is 1.11 bits per heavy atom. The van der Waals surface area contributed by atoms with E-state index in [1.807, 2.05) is 0 Å². The van der Waals surface area contributed by atoms with E-state index in [0.717, 1.165) is 39.2 Å². The number of ether oxygens (including phenoxy) is 3. The highest BCUT2D eigenvalue weighted by molar-refractivity contribution is 4.70. The van der Waals surface area contributed by atoms with Gasteiger partial charge in [-0.15, -0.1) is 0 Å². The van der Waals surface area contributed by atoms with Gasteiger partial charge in [0.1, 0.15) is 0 Å². The van der Waals surface area contributed by atoms with Crippen molar-refractivity contribution >= 4 is 0 Å². The lowest BCUT2D eigenvalue weighted by Gasteiger charge is -2.28. The molecule has 6 nitrogen and oxygen atoms in total. The third-order valence-electron chi connectivity index (χ3n) is 3.00. The van der Waals surface area contributed by atoms with E-state index in [9.17, 15) is 5.11 Å². The third kappa shape index (κ3) is 9.32. The van der Waals surface area contributed by atoms with Gasteiger partial charge in [0, 0.05) is 53.0 Å². The van der Waals surface area contributed by atoms with Crippen molar-refractivity contribution in [2.24, 2.45) is 0 Å². The number of aliphatic hydroxyl groups excluding tert-OH is 1. The van der Waals surface area contributed by atoms with Crippen LogP contribution in [0.3, 0.4) is 0 Å². The first-order valence-electron chi connectivity index (χ1n) is 7.08. The average Bonchev–Trinajstić information content (AvgIpc) is 2.43. The Morgan fingerprint density at radius 3 is 2.58 bits per heavy atom. The normalized spacial score (nSPS) is 18.6. The second-order valence-electron chi connectivity index (χ2n) is 4.74. The molecule has 1 aliphatic rings. The number of nitrogens with one attached hydrogen (secondary N) is 1. The fraction of sp³-hybridized carbons (Fsp3) is 1.00.